The van der Waals surface area contributed by atoms with Gasteiger partial charge in [-0.15, -0.1) is 0 Å². The Labute approximate surface area is 156 Å². The molecule has 0 spiro atoms. The number of nitrogens with zero attached hydrogens (tertiary/aromatic N) is 1. The van der Waals surface area contributed by atoms with Gasteiger partial charge in [-0.1, -0.05) is 54.8 Å². The van der Waals surface area contributed by atoms with Gasteiger partial charge in [0.05, 0.1) is 5.60 Å². The molecule has 0 heterocycles. The van der Waals surface area contributed by atoms with E-state index < -0.39 is 5.60 Å². The van der Waals surface area contributed by atoms with Crippen LogP contribution in [0.4, 0.5) is 5.69 Å². The lowest BCUT2D eigenvalue weighted by molar-refractivity contribution is -0.0476. The first kappa shape index (κ1) is 18.3. The van der Waals surface area contributed by atoms with Gasteiger partial charge in [-0.05, 0) is 54.5 Å². The van der Waals surface area contributed by atoms with E-state index in [1.54, 1.807) is 0 Å². The zero-order valence-electron chi connectivity index (χ0n) is 15.2. The Balaban J connectivity index is 1.83. The van der Waals surface area contributed by atoms with Crippen LogP contribution in [-0.2, 0) is 12.8 Å². The summed E-state index contributed by atoms with van der Waals surface area (Å²) in [4.78, 5) is 2.16. The quantitative estimate of drug-likeness (QED) is 0.803. The van der Waals surface area contributed by atoms with Crippen LogP contribution in [0.15, 0.2) is 48.5 Å². The van der Waals surface area contributed by atoms with Gasteiger partial charge in [0.15, 0.2) is 0 Å². The smallest absolute Gasteiger partial charge is 0.0719 e. The van der Waals surface area contributed by atoms with Crippen molar-refractivity contribution >= 4 is 17.3 Å². The van der Waals surface area contributed by atoms with Crippen LogP contribution < -0.4 is 4.90 Å². The Kier molecular flexibility index (Phi) is 5.71. The fourth-order valence-corrected chi connectivity index (χ4v) is 4.42. The summed E-state index contributed by atoms with van der Waals surface area (Å²) in [6.07, 6.45) is 5.86. The van der Waals surface area contributed by atoms with Gasteiger partial charge in [-0.25, -0.2) is 0 Å². The van der Waals surface area contributed by atoms with E-state index in [0.29, 0.717) is 6.42 Å². The molecule has 3 heteroatoms. The minimum atomic E-state index is -0.650. The monoisotopic (exact) mass is 357 g/mol. The van der Waals surface area contributed by atoms with Crippen molar-refractivity contribution < 1.29 is 5.11 Å². The summed E-state index contributed by atoms with van der Waals surface area (Å²) >= 11 is 6.14. The van der Waals surface area contributed by atoms with Crippen molar-refractivity contribution in [1.29, 1.82) is 0 Å². The molecule has 1 aliphatic carbocycles. The van der Waals surface area contributed by atoms with E-state index in [-0.39, 0.29) is 5.92 Å². The second kappa shape index (κ2) is 7.80. The summed E-state index contributed by atoms with van der Waals surface area (Å²) in [5.74, 6) is 0.279. The molecular formula is C22H28ClNO. The number of hydrogen-bond donors (Lipinski definition) is 1. The predicted octanol–water partition coefficient (Wildman–Crippen LogP) is 5.11. The van der Waals surface area contributed by atoms with Crippen molar-refractivity contribution in [1.82, 2.24) is 0 Å². The maximum atomic E-state index is 11.5. The molecule has 0 saturated heterocycles. The van der Waals surface area contributed by atoms with Crippen LogP contribution in [0.3, 0.4) is 0 Å². The molecule has 134 valence electrons. The average molecular weight is 358 g/mol. The summed E-state index contributed by atoms with van der Waals surface area (Å²) in [6, 6.07) is 16.5. The maximum absolute atomic E-state index is 11.5. The molecule has 2 aromatic carbocycles. The minimum Gasteiger partial charge on any atom is -0.389 e. The Bertz CT molecular complexity index is 715. The molecular weight excluding hydrogens is 330 g/mol. The van der Waals surface area contributed by atoms with Crippen molar-refractivity contribution in [2.75, 3.05) is 19.0 Å². The molecule has 1 aliphatic rings. The number of rotatable bonds is 5. The zero-order chi connectivity index (χ0) is 17.9. The van der Waals surface area contributed by atoms with Gasteiger partial charge in [-0.3, -0.25) is 0 Å². The van der Waals surface area contributed by atoms with E-state index in [4.69, 9.17) is 11.6 Å². The lowest BCUT2D eigenvalue weighted by Crippen LogP contribution is -2.43. The molecule has 1 N–H and O–H groups in total. The van der Waals surface area contributed by atoms with Crippen molar-refractivity contribution in [2.24, 2.45) is 5.92 Å². The molecule has 25 heavy (non-hydrogen) atoms. The molecule has 1 saturated carbocycles. The fraction of sp³-hybridized carbons (Fsp3) is 0.455. The highest BCUT2D eigenvalue weighted by Gasteiger charge is 2.39. The van der Waals surface area contributed by atoms with Crippen molar-refractivity contribution in [3.63, 3.8) is 0 Å². The summed E-state index contributed by atoms with van der Waals surface area (Å²) in [6.45, 7) is 0. The highest BCUT2D eigenvalue weighted by molar-refractivity contribution is 6.30. The van der Waals surface area contributed by atoms with E-state index in [1.807, 2.05) is 18.2 Å². The van der Waals surface area contributed by atoms with Crippen molar-refractivity contribution in [3.8, 4) is 0 Å². The largest absolute Gasteiger partial charge is 0.389 e. The molecule has 0 aliphatic heterocycles. The van der Waals surface area contributed by atoms with E-state index in [2.05, 4.69) is 49.3 Å². The van der Waals surface area contributed by atoms with Crippen LogP contribution in [0.5, 0.6) is 0 Å². The summed E-state index contributed by atoms with van der Waals surface area (Å²) < 4.78 is 0. The van der Waals surface area contributed by atoms with Gasteiger partial charge in [-0.2, -0.15) is 0 Å². The van der Waals surface area contributed by atoms with E-state index in [1.165, 1.54) is 17.7 Å². The van der Waals surface area contributed by atoms with Crippen molar-refractivity contribution in [2.45, 2.75) is 44.1 Å². The van der Waals surface area contributed by atoms with Crippen LogP contribution in [0.2, 0.25) is 5.02 Å². The average Bonchev–Trinajstić information content (AvgIpc) is 2.57. The van der Waals surface area contributed by atoms with E-state index >= 15 is 0 Å². The van der Waals surface area contributed by atoms with Gasteiger partial charge in [0.2, 0.25) is 0 Å². The molecule has 3 rings (SSSR count). The molecule has 2 nitrogen and oxygen atoms in total. The fourth-order valence-electron chi connectivity index (χ4n) is 4.21. The lowest BCUT2D eigenvalue weighted by atomic mass is 9.70. The highest BCUT2D eigenvalue weighted by atomic mass is 35.5. The molecule has 1 fully saturated rings. The van der Waals surface area contributed by atoms with Gasteiger partial charge in [0, 0.05) is 31.2 Å². The number of anilines is 1. The van der Waals surface area contributed by atoms with Crippen LogP contribution in [0, 0.1) is 5.92 Å². The lowest BCUT2D eigenvalue weighted by Gasteiger charge is -2.41. The topological polar surface area (TPSA) is 23.5 Å². The number of halogens is 1. The Morgan fingerprint density at radius 2 is 1.92 bits per heavy atom. The van der Waals surface area contributed by atoms with Crippen LogP contribution in [0.25, 0.3) is 0 Å². The van der Waals surface area contributed by atoms with E-state index in [0.717, 1.165) is 36.3 Å². The van der Waals surface area contributed by atoms with Crippen LogP contribution >= 0.6 is 11.6 Å². The first-order chi connectivity index (χ1) is 12.0. The van der Waals surface area contributed by atoms with Gasteiger partial charge in [0.1, 0.15) is 0 Å². The predicted molar refractivity (Wildman–Crippen MR) is 107 cm³/mol. The standard InChI is InChI=1S/C22H28ClNO/c1-24(2)21-12-4-3-9-18(21)15-19-10-5-6-13-22(19,25)16-17-8-7-11-20(23)14-17/h3-4,7-9,11-12,14,19,25H,5-6,10,13,15-16H2,1-2H3. The Morgan fingerprint density at radius 3 is 2.68 bits per heavy atom. The van der Waals surface area contributed by atoms with Crippen molar-refractivity contribution in [3.05, 3.63) is 64.7 Å². The number of aliphatic hydroxyl groups is 1. The second-order valence-electron chi connectivity index (χ2n) is 7.58. The third kappa shape index (κ3) is 4.37. The zero-order valence-corrected chi connectivity index (χ0v) is 16.0. The normalized spacial score (nSPS) is 23.4. The molecule has 2 aromatic rings. The summed E-state index contributed by atoms with van der Waals surface area (Å²) in [7, 11) is 4.16. The van der Waals surface area contributed by atoms with Gasteiger partial charge in [0.25, 0.3) is 0 Å². The Morgan fingerprint density at radius 1 is 1.12 bits per heavy atom. The molecule has 0 bridgehead atoms. The summed E-state index contributed by atoms with van der Waals surface area (Å²) in [5.41, 5.74) is 3.05. The van der Waals surface area contributed by atoms with Gasteiger partial charge >= 0.3 is 0 Å². The molecule has 2 atom stereocenters. The number of hydrogen-bond acceptors (Lipinski definition) is 2. The number of para-hydroxylation sites is 1. The summed E-state index contributed by atoms with van der Waals surface area (Å²) in [5, 5.41) is 12.3. The highest BCUT2D eigenvalue weighted by Crippen LogP contribution is 2.39. The first-order valence-corrected chi connectivity index (χ1v) is 9.58. The third-order valence-electron chi connectivity index (χ3n) is 5.51. The third-order valence-corrected chi connectivity index (χ3v) is 5.75. The van der Waals surface area contributed by atoms with E-state index in [9.17, 15) is 5.11 Å². The SMILES string of the molecule is CN(C)c1ccccc1CC1CCCCC1(O)Cc1cccc(Cl)c1. The second-order valence-corrected chi connectivity index (χ2v) is 8.02. The number of benzene rings is 2. The maximum Gasteiger partial charge on any atom is 0.0719 e. The molecule has 0 aromatic heterocycles. The first-order valence-electron chi connectivity index (χ1n) is 9.20. The minimum absolute atomic E-state index is 0.279. The van der Waals surface area contributed by atoms with Crippen LogP contribution in [0.1, 0.15) is 36.8 Å². The molecule has 0 radical (unpaired) electrons. The Hall–Kier alpha value is -1.51. The molecule has 0 amide bonds. The van der Waals surface area contributed by atoms with Crippen LogP contribution in [-0.4, -0.2) is 24.8 Å². The van der Waals surface area contributed by atoms with Gasteiger partial charge < -0.3 is 10.0 Å². The molecule has 2 unspecified atom stereocenters.